The zero-order valence-corrected chi connectivity index (χ0v) is 35.0. The molecule has 0 saturated carbocycles. The summed E-state index contributed by atoms with van der Waals surface area (Å²) in [5, 5.41) is 21.1. The van der Waals surface area contributed by atoms with Crippen LogP contribution in [0.1, 0.15) is 11.1 Å². The van der Waals surface area contributed by atoms with Crippen molar-refractivity contribution in [2.45, 2.75) is 0 Å². The van der Waals surface area contributed by atoms with Gasteiger partial charge in [-0.15, -0.1) is 0 Å². The zero-order chi connectivity index (χ0) is 43.2. The van der Waals surface area contributed by atoms with E-state index in [4.69, 9.17) is 0 Å². The van der Waals surface area contributed by atoms with Gasteiger partial charge in [-0.05, 0) is 162 Å². The molecule has 0 amide bonds. The van der Waals surface area contributed by atoms with E-state index in [1.54, 1.807) is 0 Å². The minimum atomic E-state index is 0.615. The highest BCUT2D eigenvalue weighted by Gasteiger charge is 2.18. The predicted molar refractivity (Wildman–Crippen MR) is 265 cm³/mol. The number of nitriles is 2. The maximum absolute atomic E-state index is 11.0. The van der Waals surface area contributed by atoms with Gasteiger partial charge in [0.25, 0.3) is 0 Å². The lowest BCUT2D eigenvalue weighted by molar-refractivity contribution is 1.46. The summed E-state index contributed by atoms with van der Waals surface area (Å²) in [6.45, 7) is 0. The Morgan fingerprint density at radius 3 is 0.859 bits per heavy atom. The normalized spacial score (nSPS) is 10.8. The van der Waals surface area contributed by atoms with Crippen LogP contribution in [0.25, 0.3) is 100 Å². The monoisotopic (exact) mass is 812 g/mol. The summed E-state index contributed by atoms with van der Waals surface area (Å²) in [5.74, 6) is 0. The maximum Gasteiger partial charge on any atom is 0.100 e. The first-order valence-corrected chi connectivity index (χ1v) is 21.4. The Morgan fingerprint density at radius 2 is 0.469 bits per heavy atom. The molecule has 64 heavy (non-hydrogen) atoms. The van der Waals surface area contributed by atoms with Gasteiger partial charge in [-0.25, -0.2) is 0 Å². The van der Waals surface area contributed by atoms with Gasteiger partial charge in [0.15, 0.2) is 0 Å². The largest absolute Gasteiger partial charge is 0.192 e. The summed E-state index contributed by atoms with van der Waals surface area (Å²) in [6.07, 6.45) is 0. The van der Waals surface area contributed by atoms with Gasteiger partial charge in [0.2, 0.25) is 0 Å². The van der Waals surface area contributed by atoms with E-state index in [2.05, 4.69) is 188 Å². The Labute approximate surface area is 374 Å². The standard InChI is InChI=1S/C62H40N2/c63-41-43-29-51(44-17-6-1-7-18-44)32-52(30-43)57-35-53(45-19-8-2-9-20-45)33-55(36-57)49-27-16-28-50(31-49)56-34-54(46-21-10-3-11-22-46)37-59(38-56)61-40-58(47-23-12-4-13-24-47)39-60(62(61)42-64)48-25-14-5-15-26-48/h1-40H. The molecule has 0 bridgehead atoms. The summed E-state index contributed by atoms with van der Waals surface area (Å²) in [5.41, 5.74) is 19.8. The van der Waals surface area contributed by atoms with Crippen molar-refractivity contribution in [2.75, 3.05) is 0 Å². The highest BCUT2D eigenvalue weighted by Crippen LogP contribution is 2.42. The predicted octanol–water partition coefficient (Wildman–Crippen LogP) is 16.4. The van der Waals surface area contributed by atoms with Crippen molar-refractivity contribution < 1.29 is 0 Å². The van der Waals surface area contributed by atoms with E-state index in [-0.39, 0.29) is 0 Å². The van der Waals surface area contributed by atoms with Crippen LogP contribution in [0.15, 0.2) is 243 Å². The van der Waals surface area contributed by atoms with Crippen LogP contribution in [0.2, 0.25) is 0 Å². The molecule has 0 unspecified atom stereocenters. The fourth-order valence-electron chi connectivity index (χ4n) is 8.67. The minimum absolute atomic E-state index is 0.615. The number of rotatable bonds is 9. The Morgan fingerprint density at radius 1 is 0.203 bits per heavy atom. The van der Waals surface area contributed by atoms with Gasteiger partial charge in [-0.1, -0.05) is 170 Å². The molecule has 2 nitrogen and oxygen atoms in total. The van der Waals surface area contributed by atoms with Crippen LogP contribution < -0.4 is 0 Å². The van der Waals surface area contributed by atoms with Crippen LogP contribution in [0, 0.1) is 22.7 Å². The SMILES string of the molecule is N#Cc1cc(-c2ccccc2)cc(-c2cc(-c3ccccc3)cc(-c3cccc(-c4cc(-c5ccccc5)cc(-c5cc(-c6ccccc6)cc(-c6ccccc6)c5C#N)c4)c3)c2)c1. The molecule has 0 N–H and O–H groups in total. The van der Waals surface area contributed by atoms with E-state index in [0.29, 0.717) is 11.1 Å². The maximum atomic E-state index is 11.0. The third-order valence-electron chi connectivity index (χ3n) is 11.9. The van der Waals surface area contributed by atoms with Crippen molar-refractivity contribution in [3.63, 3.8) is 0 Å². The van der Waals surface area contributed by atoms with E-state index in [1.165, 1.54) is 0 Å². The topological polar surface area (TPSA) is 47.6 Å². The molecule has 0 atom stereocenters. The highest BCUT2D eigenvalue weighted by atomic mass is 14.3. The molecule has 0 heterocycles. The highest BCUT2D eigenvalue weighted by molar-refractivity contribution is 5.92. The first-order chi connectivity index (χ1) is 31.6. The molecule has 10 aromatic rings. The van der Waals surface area contributed by atoms with E-state index in [0.717, 1.165) is 100 Å². The number of nitrogens with zero attached hydrogens (tertiary/aromatic N) is 2. The molecular formula is C62H40N2. The van der Waals surface area contributed by atoms with E-state index < -0.39 is 0 Å². The average Bonchev–Trinajstić information content (AvgIpc) is 3.39. The fraction of sp³-hybridized carbons (Fsp3) is 0. The third kappa shape index (κ3) is 8.16. The molecule has 10 aromatic carbocycles. The minimum Gasteiger partial charge on any atom is -0.192 e. The summed E-state index contributed by atoms with van der Waals surface area (Å²) in [7, 11) is 0. The Bertz CT molecular complexity index is 3360. The smallest absolute Gasteiger partial charge is 0.100 e. The number of hydrogen-bond acceptors (Lipinski definition) is 2. The number of benzene rings is 10. The lowest BCUT2D eigenvalue weighted by Crippen LogP contribution is -1.94. The van der Waals surface area contributed by atoms with E-state index >= 15 is 0 Å². The van der Waals surface area contributed by atoms with Crippen LogP contribution in [0.4, 0.5) is 0 Å². The van der Waals surface area contributed by atoms with Crippen LogP contribution >= 0.6 is 0 Å². The first-order valence-electron chi connectivity index (χ1n) is 21.4. The molecule has 0 aliphatic rings. The quantitative estimate of drug-likeness (QED) is 0.146. The van der Waals surface area contributed by atoms with Gasteiger partial charge < -0.3 is 0 Å². The van der Waals surface area contributed by atoms with Crippen molar-refractivity contribution in [3.05, 3.63) is 254 Å². The van der Waals surface area contributed by atoms with Gasteiger partial charge in [0.05, 0.1) is 17.2 Å². The summed E-state index contributed by atoms with van der Waals surface area (Å²) in [6, 6.07) is 89.4. The third-order valence-corrected chi connectivity index (χ3v) is 11.9. The van der Waals surface area contributed by atoms with Crippen LogP contribution in [-0.2, 0) is 0 Å². The number of hydrogen-bond donors (Lipinski definition) is 0. The molecule has 0 saturated heterocycles. The van der Waals surface area contributed by atoms with Crippen LogP contribution in [-0.4, -0.2) is 0 Å². The van der Waals surface area contributed by atoms with Gasteiger partial charge in [0.1, 0.15) is 6.07 Å². The van der Waals surface area contributed by atoms with E-state index in [9.17, 15) is 10.5 Å². The Balaban J connectivity index is 1.15. The summed E-state index contributed by atoms with van der Waals surface area (Å²) in [4.78, 5) is 0. The molecule has 10 rings (SSSR count). The zero-order valence-electron chi connectivity index (χ0n) is 35.0. The summed E-state index contributed by atoms with van der Waals surface area (Å²) < 4.78 is 0. The van der Waals surface area contributed by atoms with Crippen molar-refractivity contribution in [2.24, 2.45) is 0 Å². The second kappa shape index (κ2) is 17.6. The van der Waals surface area contributed by atoms with Crippen molar-refractivity contribution >= 4 is 0 Å². The van der Waals surface area contributed by atoms with Crippen molar-refractivity contribution in [3.8, 4) is 112 Å². The molecule has 0 spiro atoms. The van der Waals surface area contributed by atoms with Crippen LogP contribution in [0.3, 0.4) is 0 Å². The molecule has 0 aliphatic heterocycles. The molecule has 2 heteroatoms. The average molecular weight is 813 g/mol. The first kappa shape index (κ1) is 39.3. The van der Waals surface area contributed by atoms with Crippen molar-refractivity contribution in [1.82, 2.24) is 0 Å². The molecule has 0 fully saturated rings. The second-order valence-electron chi connectivity index (χ2n) is 16.0. The second-order valence-corrected chi connectivity index (χ2v) is 16.0. The van der Waals surface area contributed by atoms with Gasteiger partial charge in [-0.3, -0.25) is 0 Å². The molecule has 0 radical (unpaired) electrons. The van der Waals surface area contributed by atoms with Crippen LogP contribution in [0.5, 0.6) is 0 Å². The van der Waals surface area contributed by atoms with Gasteiger partial charge in [0, 0.05) is 11.1 Å². The van der Waals surface area contributed by atoms with E-state index in [1.807, 2.05) is 66.7 Å². The van der Waals surface area contributed by atoms with Gasteiger partial charge >= 0.3 is 0 Å². The lowest BCUT2D eigenvalue weighted by Gasteiger charge is -2.17. The van der Waals surface area contributed by atoms with Gasteiger partial charge in [-0.2, -0.15) is 10.5 Å². The summed E-state index contributed by atoms with van der Waals surface area (Å²) >= 11 is 0. The molecule has 0 aliphatic carbocycles. The van der Waals surface area contributed by atoms with Crippen molar-refractivity contribution in [1.29, 1.82) is 10.5 Å². The fourth-order valence-corrected chi connectivity index (χ4v) is 8.67. The Kier molecular flexibility index (Phi) is 10.8. The Hall–Kier alpha value is -8.82. The lowest BCUT2D eigenvalue weighted by atomic mass is 9.86. The molecule has 0 aromatic heterocycles. The molecular weight excluding hydrogens is 773 g/mol. The molecule has 298 valence electrons.